The van der Waals surface area contributed by atoms with Crippen LogP contribution in [0.2, 0.25) is 0 Å². The first-order valence-corrected chi connectivity index (χ1v) is 16.4. The minimum atomic E-state index is -3.90. The molecule has 0 atom stereocenters. The first-order chi connectivity index (χ1) is 21.9. The van der Waals surface area contributed by atoms with E-state index in [-0.39, 0.29) is 26.2 Å². The van der Waals surface area contributed by atoms with Crippen LogP contribution in [0, 0.1) is 0 Å². The number of nitrogens with zero attached hydrogens (tertiary/aromatic N) is 4. The molecule has 45 heavy (non-hydrogen) atoms. The lowest BCUT2D eigenvalue weighted by Gasteiger charge is -2.25. The molecule has 2 aromatic carbocycles. The van der Waals surface area contributed by atoms with Gasteiger partial charge in [0.05, 0.1) is 39.5 Å². The molecule has 1 aliphatic heterocycles. The highest BCUT2D eigenvalue weighted by Crippen LogP contribution is 2.34. The summed E-state index contributed by atoms with van der Waals surface area (Å²) in [6.07, 6.45) is 3.63. The van der Waals surface area contributed by atoms with Crippen LogP contribution in [-0.2, 0) is 23.3 Å². The van der Waals surface area contributed by atoms with Crippen molar-refractivity contribution in [2.24, 2.45) is 0 Å². The molecule has 13 heteroatoms. The first kappa shape index (κ1) is 32.1. The number of hydrogen-bond donors (Lipinski definition) is 0. The number of aromatic nitrogens is 2. The Morgan fingerprint density at radius 1 is 0.622 bits per heavy atom. The van der Waals surface area contributed by atoms with E-state index >= 15 is 0 Å². The van der Waals surface area contributed by atoms with Crippen LogP contribution in [0.5, 0.6) is 23.0 Å². The van der Waals surface area contributed by atoms with Gasteiger partial charge < -0.3 is 28.0 Å². The molecule has 240 valence electrons. The molecule has 0 N–H and O–H groups in total. The molecule has 0 spiro atoms. The van der Waals surface area contributed by atoms with Crippen LogP contribution >= 0.6 is 0 Å². The van der Waals surface area contributed by atoms with Crippen molar-refractivity contribution >= 4 is 10.2 Å². The zero-order valence-corrected chi connectivity index (χ0v) is 26.7. The van der Waals surface area contributed by atoms with Crippen molar-refractivity contribution in [1.82, 2.24) is 18.9 Å². The van der Waals surface area contributed by atoms with Gasteiger partial charge in [0.15, 0.2) is 34.5 Å². The van der Waals surface area contributed by atoms with Gasteiger partial charge in [-0.25, -0.2) is 0 Å². The molecule has 4 aromatic rings. The standard InChI is InChI=1S/C32H38N4O8S/c1-5-39-29-13-11-23(17-31(29)41-7-3)27-19-25(43-33-27)21-35-15-9-10-16-36(45(35,37)38)22-26-20-28(34-44-26)24-12-14-30(40-6-2)32(18-24)42-8-4/h9-14,17-20H,5-8,15-16,21-22H2,1-4H3. The summed E-state index contributed by atoms with van der Waals surface area (Å²) < 4.78 is 64.1. The number of ether oxygens (including phenoxy) is 4. The Labute approximate surface area is 263 Å². The van der Waals surface area contributed by atoms with E-state index in [1.807, 2.05) is 76.2 Å². The lowest BCUT2D eigenvalue weighted by Crippen LogP contribution is -2.41. The van der Waals surface area contributed by atoms with Crippen molar-refractivity contribution in [2.75, 3.05) is 39.5 Å². The maximum Gasteiger partial charge on any atom is 0.283 e. The second kappa shape index (κ2) is 14.6. The van der Waals surface area contributed by atoms with E-state index in [9.17, 15) is 8.42 Å². The van der Waals surface area contributed by atoms with E-state index < -0.39 is 10.2 Å². The summed E-state index contributed by atoms with van der Waals surface area (Å²) in [7, 11) is -3.90. The maximum absolute atomic E-state index is 13.8. The van der Waals surface area contributed by atoms with E-state index in [4.69, 9.17) is 28.0 Å². The van der Waals surface area contributed by atoms with E-state index in [1.54, 1.807) is 12.1 Å². The third kappa shape index (κ3) is 7.49. The summed E-state index contributed by atoms with van der Waals surface area (Å²) in [5.41, 5.74) is 2.65. The number of rotatable bonds is 14. The quantitative estimate of drug-likeness (QED) is 0.158. The van der Waals surface area contributed by atoms with Gasteiger partial charge in [-0.05, 0) is 64.1 Å². The predicted molar refractivity (Wildman–Crippen MR) is 167 cm³/mol. The average molecular weight is 639 g/mol. The van der Waals surface area contributed by atoms with Gasteiger partial charge in [0.1, 0.15) is 11.4 Å². The van der Waals surface area contributed by atoms with Crippen LogP contribution < -0.4 is 18.9 Å². The lowest BCUT2D eigenvalue weighted by atomic mass is 10.1. The van der Waals surface area contributed by atoms with E-state index in [0.717, 1.165) is 11.1 Å². The van der Waals surface area contributed by atoms with Gasteiger partial charge >= 0.3 is 0 Å². The maximum atomic E-state index is 13.8. The zero-order valence-electron chi connectivity index (χ0n) is 25.9. The van der Waals surface area contributed by atoms with Crippen LogP contribution in [0.4, 0.5) is 0 Å². The Hall–Kier alpha value is -4.33. The summed E-state index contributed by atoms with van der Waals surface area (Å²) in [5.74, 6) is 3.29. The highest BCUT2D eigenvalue weighted by atomic mass is 32.2. The largest absolute Gasteiger partial charge is 0.490 e. The summed E-state index contributed by atoms with van der Waals surface area (Å²) in [6.45, 7) is 9.97. The predicted octanol–water partition coefficient (Wildman–Crippen LogP) is 5.71. The van der Waals surface area contributed by atoms with Crippen LogP contribution in [-0.4, -0.2) is 66.9 Å². The minimum absolute atomic E-state index is 0.000437. The Bertz CT molecular complexity index is 1600. The van der Waals surface area contributed by atoms with Gasteiger partial charge in [0.25, 0.3) is 10.2 Å². The zero-order chi connectivity index (χ0) is 31.8. The summed E-state index contributed by atoms with van der Waals surface area (Å²) >= 11 is 0. The molecule has 0 fully saturated rings. The Kier molecular flexibility index (Phi) is 10.4. The summed E-state index contributed by atoms with van der Waals surface area (Å²) in [6, 6.07) is 14.5. The van der Waals surface area contributed by atoms with Crippen molar-refractivity contribution in [3.05, 3.63) is 72.2 Å². The van der Waals surface area contributed by atoms with Gasteiger partial charge in [0.2, 0.25) is 0 Å². The van der Waals surface area contributed by atoms with Crippen molar-refractivity contribution in [1.29, 1.82) is 0 Å². The van der Waals surface area contributed by atoms with Gasteiger partial charge in [-0.2, -0.15) is 17.0 Å². The monoisotopic (exact) mass is 638 g/mol. The highest BCUT2D eigenvalue weighted by Gasteiger charge is 2.32. The van der Waals surface area contributed by atoms with Crippen molar-refractivity contribution < 1.29 is 36.4 Å². The Morgan fingerprint density at radius 2 is 1.02 bits per heavy atom. The third-order valence-electron chi connectivity index (χ3n) is 6.90. The molecule has 0 amide bonds. The van der Waals surface area contributed by atoms with E-state index in [1.165, 1.54) is 8.61 Å². The molecule has 5 rings (SSSR count). The van der Waals surface area contributed by atoms with E-state index in [2.05, 4.69) is 10.3 Å². The fraction of sp³-hybridized carbons (Fsp3) is 0.375. The first-order valence-electron chi connectivity index (χ1n) is 15.0. The Balaban J connectivity index is 1.30. The fourth-order valence-electron chi connectivity index (χ4n) is 4.84. The fourth-order valence-corrected chi connectivity index (χ4v) is 6.30. The highest BCUT2D eigenvalue weighted by molar-refractivity contribution is 7.86. The van der Waals surface area contributed by atoms with Gasteiger partial charge in [0, 0.05) is 36.3 Å². The van der Waals surface area contributed by atoms with Crippen LogP contribution in [0.25, 0.3) is 22.5 Å². The molecule has 2 aromatic heterocycles. The molecule has 0 saturated carbocycles. The average Bonchev–Trinajstić information content (AvgIpc) is 3.67. The lowest BCUT2D eigenvalue weighted by molar-refractivity contribution is 0.288. The molecule has 3 heterocycles. The van der Waals surface area contributed by atoms with Gasteiger partial charge in [-0.3, -0.25) is 0 Å². The van der Waals surface area contributed by atoms with Crippen LogP contribution in [0.3, 0.4) is 0 Å². The normalized spacial score (nSPS) is 15.1. The molecule has 12 nitrogen and oxygen atoms in total. The van der Waals surface area contributed by atoms with Crippen LogP contribution in [0.1, 0.15) is 39.2 Å². The third-order valence-corrected chi connectivity index (χ3v) is 8.76. The number of hydrogen-bond acceptors (Lipinski definition) is 10. The summed E-state index contributed by atoms with van der Waals surface area (Å²) in [5, 5.41) is 8.37. The Morgan fingerprint density at radius 3 is 1.42 bits per heavy atom. The smallest absolute Gasteiger partial charge is 0.283 e. The molecule has 0 saturated heterocycles. The molecule has 0 unspecified atom stereocenters. The van der Waals surface area contributed by atoms with Gasteiger partial charge in [-0.15, -0.1) is 0 Å². The molecule has 0 bridgehead atoms. The molecule has 0 radical (unpaired) electrons. The minimum Gasteiger partial charge on any atom is -0.490 e. The molecular formula is C32H38N4O8S. The topological polar surface area (TPSA) is 130 Å². The summed E-state index contributed by atoms with van der Waals surface area (Å²) in [4.78, 5) is 0. The van der Waals surface area contributed by atoms with Gasteiger partial charge in [-0.1, -0.05) is 22.5 Å². The second-order valence-corrected chi connectivity index (χ2v) is 11.9. The molecule has 0 aliphatic carbocycles. The van der Waals surface area contributed by atoms with Crippen molar-refractivity contribution in [3.8, 4) is 45.5 Å². The van der Waals surface area contributed by atoms with Crippen molar-refractivity contribution in [2.45, 2.75) is 40.8 Å². The molecule has 1 aliphatic rings. The second-order valence-electron chi connectivity index (χ2n) is 9.98. The molecular weight excluding hydrogens is 600 g/mol. The SMILES string of the molecule is CCOc1ccc(-c2cc(CN3CC=CCN(Cc4cc(-c5ccc(OCC)c(OCC)c5)no4)S3(=O)=O)on2)cc1OCC. The van der Waals surface area contributed by atoms with Crippen LogP contribution in [0.15, 0.2) is 69.7 Å². The van der Waals surface area contributed by atoms with E-state index in [0.29, 0.717) is 72.3 Å². The number of benzene rings is 2. The van der Waals surface area contributed by atoms with Crippen molar-refractivity contribution in [3.63, 3.8) is 0 Å².